The lowest BCUT2D eigenvalue weighted by Gasteiger charge is -2.17. The lowest BCUT2D eigenvalue weighted by Crippen LogP contribution is -2.20. The molecule has 0 radical (unpaired) electrons. The Labute approximate surface area is 131 Å². The molecule has 0 heterocycles. The summed E-state index contributed by atoms with van der Waals surface area (Å²) in [5.41, 5.74) is 2.33. The molecule has 2 rings (SSSR count). The molecule has 2 N–H and O–H groups in total. The zero-order valence-electron chi connectivity index (χ0n) is 11.8. The average molecular weight is 350 g/mol. The quantitative estimate of drug-likeness (QED) is 0.856. The Morgan fingerprint density at radius 1 is 1.24 bits per heavy atom. The van der Waals surface area contributed by atoms with Crippen LogP contribution in [0.1, 0.15) is 17.2 Å². The molecule has 1 atom stereocenters. The van der Waals surface area contributed by atoms with E-state index in [1.807, 2.05) is 37.3 Å². The van der Waals surface area contributed by atoms with Gasteiger partial charge in [-0.3, -0.25) is 0 Å². The Morgan fingerprint density at radius 3 is 2.43 bits per heavy atom. The predicted molar refractivity (Wildman–Crippen MR) is 85.9 cm³/mol. The number of carboxylic acid groups (broad SMARTS) is 1. The summed E-state index contributed by atoms with van der Waals surface area (Å²) in [6.07, 6.45) is 0. The minimum Gasteiger partial charge on any atom is -0.496 e. The van der Waals surface area contributed by atoms with E-state index < -0.39 is 12.0 Å². The molecule has 0 saturated heterocycles. The van der Waals surface area contributed by atoms with E-state index in [0.717, 1.165) is 21.5 Å². The van der Waals surface area contributed by atoms with Crippen LogP contribution in [0, 0.1) is 6.92 Å². The highest BCUT2D eigenvalue weighted by molar-refractivity contribution is 9.10. The van der Waals surface area contributed by atoms with Crippen molar-refractivity contribution in [1.29, 1.82) is 0 Å². The molecule has 21 heavy (non-hydrogen) atoms. The topological polar surface area (TPSA) is 58.6 Å². The van der Waals surface area contributed by atoms with Gasteiger partial charge in [0.05, 0.1) is 7.11 Å². The van der Waals surface area contributed by atoms with Gasteiger partial charge in [0.2, 0.25) is 0 Å². The number of carbonyl (C=O) groups is 1. The first-order valence-corrected chi connectivity index (χ1v) is 7.20. The highest BCUT2D eigenvalue weighted by Crippen LogP contribution is 2.26. The fraction of sp³-hybridized carbons (Fsp3) is 0.188. The number of methoxy groups -OCH3 is 1. The van der Waals surface area contributed by atoms with E-state index in [-0.39, 0.29) is 0 Å². The summed E-state index contributed by atoms with van der Waals surface area (Å²) in [5.74, 6) is -0.186. The Morgan fingerprint density at radius 2 is 1.90 bits per heavy atom. The van der Waals surface area contributed by atoms with Gasteiger partial charge in [0.15, 0.2) is 6.04 Å². The van der Waals surface area contributed by atoms with Crippen molar-refractivity contribution in [3.8, 4) is 5.75 Å². The van der Waals surface area contributed by atoms with Gasteiger partial charge in [-0.15, -0.1) is 0 Å². The van der Waals surface area contributed by atoms with Crippen LogP contribution < -0.4 is 10.1 Å². The summed E-state index contributed by atoms with van der Waals surface area (Å²) in [6, 6.07) is 11.9. The van der Waals surface area contributed by atoms with Crippen molar-refractivity contribution >= 4 is 27.6 Å². The maximum absolute atomic E-state index is 11.5. The molecule has 0 saturated carbocycles. The van der Waals surface area contributed by atoms with Crippen LogP contribution in [0.3, 0.4) is 0 Å². The Bertz CT molecular complexity index is 640. The molecule has 2 aromatic rings. The predicted octanol–water partition coefficient (Wildman–Crippen LogP) is 4.00. The second-order valence-corrected chi connectivity index (χ2v) is 5.57. The second kappa shape index (κ2) is 6.63. The first-order chi connectivity index (χ1) is 10.0. The van der Waals surface area contributed by atoms with Crippen molar-refractivity contribution in [2.75, 3.05) is 12.4 Å². The number of benzene rings is 2. The summed E-state index contributed by atoms with van der Waals surface area (Å²) >= 11 is 3.35. The Kier molecular flexibility index (Phi) is 4.85. The molecular weight excluding hydrogens is 334 g/mol. The minimum atomic E-state index is -0.928. The third-order valence-corrected chi connectivity index (χ3v) is 3.68. The van der Waals surface area contributed by atoms with Crippen LogP contribution in [0.25, 0.3) is 0 Å². The van der Waals surface area contributed by atoms with Gasteiger partial charge in [0, 0.05) is 10.2 Å². The van der Waals surface area contributed by atoms with E-state index in [9.17, 15) is 9.90 Å². The normalized spacial score (nSPS) is 11.8. The molecule has 110 valence electrons. The van der Waals surface area contributed by atoms with Gasteiger partial charge >= 0.3 is 5.97 Å². The third-order valence-electron chi connectivity index (χ3n) is 3.15. The SMILES string of the molecule is COc1ccc(C(Nc2ccc(Br)cc2)C(=O)O)cc1C. The molecule has 1 unspecified atom stereocenters. The smallest absolute Gasteiger partial charge is 0.330 e. The molecule has 2 aromatic carbocycles. The molecule has 0 spiro atoms. The number of halogens is 1. The van der Waals surface area contributed by atoms with E-state index in [1.54, 1.807) is 19.2 Å². The molecule has 0 aromatic heterocycles. The summed E-state index contributed by atoms with van der Waals surface area (Å²) < 4.78 is 6.14. The lowest BCUT2D eigenvalue weighted by molar-refractivity contribution is -0.138. The number of hydrogen-bond donors (Lipinski definition) is 2. The zero-order valence-corrected chi connectivity index (χ0v) is 13.3. The molecule has 0 amide bonds. The number of anilines is 1. The molecular formula is C16H16BrNO3. The van der Waals surface area contributed by atoms with Crippen molar-refractivity contribution in [3.63, 3.8) is 0 Å². The standard InChI is InChI=1S/C16H16BrNO3/c1-10-9-11(3-8-14(10)21-2)15(16(19)20)18-13-6-4-12(17)5-7-13/h3-9,15,18H,1-2H3,(H,19,20). The Hall–Kier alpha value is -2.01. The van der Waals surface area contributed by atoms with Crippen LogP contribution >= 0.6 is 15.9 Å². The van der Waals surface area contributed by atoms with E-state index in [0.29, 0.717) is 5.56 Å². The van der Waals surface area contributed by atoms with E-state index in [4.69, 9.17) is 4.74 Å². The average Bonchev–Trinajstić information content (AvgIpc) is 2.46. The number of hydrogen-bond acceptors (Lipinski definition) is 3. The van der Waals surface area contributed by atoms with Crippen LogP contribution in [-0.4, -0.2) is 18.2 Å². The monoisotopic (exact) mass is 349 g/mol. The summed E-state index contributed by atoms with van der Waals surface area (Å²) in [4.78, 5) is 11.5. The third kappa shape index (κ3) is 3.76. The highest BCUT2D eigenvalue weighted by Gasteiger charge is 2.20. The lowest BCUT2D eigenvalue weighted by atomic mass is 10.0. The number of rotatable bonds is 5. The second-order valence-electron chi connectivity index (χ2n) is 4.65. The summed E-state index contributed by atoms with van der Waals surface area (Å²) in [5, 5.41) is 12.5. The maximum Gasteiger partial charge on any atom is 0.330 e. The van der Waals surface area contributed by atoms with Crippen LogP contribution in [0.5, 0.6) is 5.75 Å². The molecule has 0 bridgehead atoms. The van der Waals surface area contributed by atoms with Gasteiger partial charge < -0.3 is 15.2 Å². The Balaban J connectivity index is 2.28. The van der Waals surface area contributed by atoms with Crippen molar-refractivity contribution in [2.24, 2.45) is 0 Å². The number of carboxylic acids is 1. The molecule has 5 heteroatoms. The van der Waals surface area contributed by atoms with Crippen LogP contribution in [0.15, 0.2) is 46.9 Å². The first-order valence-electron chi connectivity index (χ1n) is 6.40. The summed E-state index contributed by atoms with van der Waals surface area (Å²) in [6.45, 7) is 1.89. The van der Waals surface area contributed by atoms with Crippen molar-refractivity contribution in [3.05, 3.63) is 58.1 Å². The fourth-order valence-electron chi connectivity index (χ4n) is 2.08. The van der Waals surface area contributed by atoms with Crippen molar-refractivity contribution in [2.45, 2.75) is 13.0 Å². The van der Waals surface area contributed by atoms with E-state index in [2.05, 4.69) is 21.2 Å². The number of nitrogens with one attached hydrogen (secondary N) is 1. The van der Waals surface area contributed by atoms with Gasteiger partial charge in [-0.1, -0.05) is 22.0 Å². The molecule has 0 aliphatic heterocycles. The van der Waals surface area contributed by atoms with Crippen LogP contribution in [-0.2, 0) is 4.79 Å². The highest BCUT2D eigenvalue weighted by atomic mass is 79.9. The molecule has 0 fully saturated rings. The van der Waals surface area contributed by atoms with Gasteiger partial charge in [-0.05, 0) is 54.4 Å². The van der Waals surface area contributed by atoms with Gasteiger partial charge in [-0.2, -0.15) is 0 Å². The molecule has 0 aliphatic carbocycles. The number of aryl methyl sites for hydroxylation is 1. The minimum absolute atomic E-state index is 0.684. The maximum atomic E-state index is 11.5. The fourth-order valence-corrected chi connectivity index (χ4v) is 2.35. The van der Waals surface area contributed by atoms with Crippen molar-refractivity contribution in [1.82, 2.24) is 0 Å². The van der Waals surface area contributed by atoms with E-state index in [1.165, 1.54) is 0 Å². The van der Waals surface area contributed by atoms with Gasteiger partial charge in [-0.25, -0.2) is 4.79 Å². The largest absolute Gasteiger partial charge is 0.496 e. The number of ether oxygens (including phenoxy) is 1. The van der Waals surface area contributed by atoms with Crippen LogP contribution in [0.4, 0.5) is 5.69 Å². The van der Waals surface area contributed by atoms with E-state index >= 15 is 0 Å². The van der Waals surface area contributed by atoms with Crippen molar-refractivity contribution < 1.29 is 14.6 Å². The first kappa shape index (κ1) is 15.4. The number of aliphatic carboxylic acids is 1. The van der Waals surface area contributed by atoms with Gasteiger partial charge in [0.1, 0.15) is 5.75 Å². The van der Waals surface area contributed by atoms with Gasteiger partial charge in [0.25, 0.3) is 0 Å². The molecule has 0 aliphatic rings. The van der Waals surface area contributed by atoms with Crippen LogP contribution in [0.2, 0.25) is 0 Å². The summed E-state index contributed by atoms with van der Waals surface area (Å²) in [7, 11) is 1.59. The molecule has 4 nitrogen and oxygen atoms in total. The zero-order chi connectivity index (χ0) is 15.4.